The van der Waals surface area contributed by atoms with E-state index < -0.39 is 4.92 Å². The van der Waals surface area contributed by atoms with Crippen molar-refractivity contribution in [3.05, 3.63) is 94.2 Å². The molecule has 6 nitrogen and oxygen atoms in total. The van der Waals surface area contributed by atoms with Crippen molar-refractivity contribution in [2.45, 2.75) is 32.2 Å². The molecule has 0 aliphatic rings. The van der Waals surface area contributed by atoms with Gasteiger partial charge in [0.15, 0.2) is 0 Å². The Morgan fingerprint density at radius 1 is 0.857 bits per heavy atom. The summed E-state index contributed by atoms with van der Waals surface area (Å²) in [6.07, 6.45) is 8.16. The molecule has 0 saturated heterocycles. The second kappa shape index (κ2) is 10.1. The highest BCUT2D eigenvalue weighted by Crippen LogP contribution is 2.31. The van der Waals surface area contributed by atoms with E-state index in [-0.39, 0.29) is 12.3 Å². The Balaban J connectivity index is 1.43. The van der Waals surface area contributed by atoms with Crippen molar-refractivity contribution in [1.82, 2.24) is 9.55 Å². The molecule has 0 aliphatic heterocycles. The number of para-hydroxylation sites is 1. The topological polar surface area (TPSA) is 81.2 Å². The number of nitrogens with zero attached hydrogens (tertiary/aromatic N) is 3. The van der Waals surface area contributed by atoms with E-state index in [1.54, 1.807) is 12.1 Å². The van der Waals surface area contributed by atoms with Gasteiger partial charge in [-0.1, -0.05) is 49.2 Å². The lowest BCUT2D eigenvalue weighted by atomic mass is 10.1. The molecule has 2 heterocycles. The van der Waals surface area contributed by atoms with Gasteiger partial charge in [-0.25, -0.2) is 4.98 Å². The van der Waals surface area contributed by atoms with E-state index in [0.29, 0.717) is 0 Å². The number of hydrogen-bond acceptors (Lipinski definition) is 4. The summed E-state index contributed by atoms with van der Waals surface area (Å²) in [5.41, 5.74) is 5.17. The molecule has 35 heavy (non-hydrogen) atoms. The van der Waals surface area contributed by atoms with Crippen LogP contribution in [0.2, 0.25) is 0 Å². The molecule has 0 spiro atoms. The van der Waals surface area contributed by atoms with Gasteiger partial charge in [0.05, 0.1) is 16.1 Å². The highest BCUT2D eigenvalue weighted by molar-refractivity contribution is 6.08. The zero-order chi connectivity index (χ0) is 24.2. The smallest absolute Gasteiger partial charge is 0.270 e. The van der Waals surface area contributed by atoms with E-state index in [4.69, 9.17) is 5.11 Å². The second-order valence-electron chi connectivity index (χ2n) is 8.79. The first-order valence-electron chi connectivity index (χ1n) is 12.0. The number of hydrogen-bond donors (Lipinski definition) is 1. The lowest BCUT2D eigenvalue weighted by molar-refractivity contribution is -0.384. The van der Waals surface area contributed by atoms with Gasteiger partial charge in [-0.2, -0.15) is 0 Å². The molecule has 5 aromatic rings. The van der Waals surface area contributed by atoms with Gasteiger partial charge in [0.1, 0.15) is 0 Å². The monoisotopic (exact) mass is 465 g/mol. The van der Waals surface area contributed by atoms with Crippen LogP contribution >= 0.6 is 0 Å². The van der Waals surface area contributed by atoms with Crippen LogP contribution in [0.15, 0.2) is 72.8 Å². The fourth-order valence-electron chi connectivity index (χ4n) is 4.67. The molecule has 0 amide bonds. The Morgan fingerprint density at radius 3 is 2.54 bits per heavy atom. The van der Waals surface area contributed by atoms with Crippen LogP contribution in [0.5, 0.6) is 0 Å². The van der Waals surface area contributed by atoms with Crippen molar-refractivity contribution in [2.75, 3.05) is 6.61 Å². The quantitative estimate of drug-likeness (QED) is 0.145. The number of fused-ring (bicyclic) bond motifs is 4. The first-order valence-corrected chi connectivity index (χ1v) is 12.0. The molecule has 0 bridgehead atoms. The second-order valence-corrected chi connectivity index (χ2v) is 8.79. The van der Waals surface area contributed by atoms with Gasteiger partial charge in [0, 0.05) is 52.5 Å². The number of non-ortho nitro benzene ring substituents is 1. The third kappa shape index (κ3) is 4.79. The van der Waals surface area contributed by atoms with E-state index in [1.165, 1.54) is 27.9 Å². The summed E-state index contributed by atoms with van der Waals surface area (Å²) in [7, 11) is 0. The number of unbranched alkanes of at least 4 members (excludes halogenated alkanes) is 3. The van der Waals surface area contributed by atoms with Crippen molar-refractivity contribution < 1.29 is 10.0 Å². The molecule has 0 fully saturated rings. The van der Waals surface area contributed by atoms with Crippen LogP contribution in [0.1, 0.15) is 36.9 Å². The zero-order valence-corrected chi connectivity index (χ0v) is 19.4. The molecule has 0 aliphatic carbocycles. The molecule has 0 radical (unpaired) electrons. The molecular formula is C29H27N3O3. The standard InChI is InChI=1S/C29H27N3O3/c33-18-6-2-1-5-17-31-28-8-4-3-7-25(28)26-19-21(10-16-29(26)31)9-12-23-13-11-22-20-24(32(34)35)14-15-27(22)30-23/h3-4,7-16,19-20,33H,1-2,5-6,17-18H2. The van der Waals surface area contributed by atoms with Crippen molar-refractivity contribution in [1.29, 1.82) is 0 Å². The Labute approximate surface area is 203 Å². The Bertz CT molecular complexity index is 1550. The van der Waals surface area contributed by atoms with E-state index in [1.807, 2.05) is 18.2 Å². The zero-order valence-electron chi connectivity index (χ0n) is 19.4. The predicted molar refractivity (Wildman–Crippen MR) is 142 cm³/mol. The Morgan fingerprint density at radius 2 is 1.69 bits per heavy atom. The van der Waals surface area contributed by atoms with Gasteiger partial charge in [-0.05, 0) is 54.8 Å². The lowest BCUT2D eigenvalue weighted by Gasteiger charge is -2.07. The molecule has 0 saturated carbocycles. The number of pyridine rings is 1. The average Bonchev–Trinajstić information content (AvgIpc) is 3.20. The minimum Gasteiger partial charge on any atom is -0.396 e. The van der Waals surface area contributed by atoms with Crippen molar-refractivity contribution in [2.24, 2.45) is 0 Å². The summed E-state index contributed by atoms with van der Waals surface area (Å²) in [6, 6.07) is 23.5. The summed E-state index contributed by atoms with van der Waals surface area (Å²) in [4.78, 5) is 15.2. The van der Waals surface area contributed by atoms with Crippen LogP contribution in [-0.4, -0.2) is 26.2 Å². The van der Waals surface area contributed by atoms with Crippen LogP contribution in [0, 0.1) is 10.1 Å². The highest BCUT2D eigenvalue weighted by Gasteiger charge is 2.10. The van der Waals surface area contributed by atoms with Crippen LogP contribution < -0.4 is 0 Å². The number of rotatable bonds is 9. The van der Waals surface area contributed by atoms with Crippen molar-refractivity contribution in [3.63, 3.8) is 0 Å². The number of aromatic nitrogens is 2. The van der Waals surface area contributed by atoms with Gasteiger partial charge >= 0.3 is 0 Å². The molecule has 1 N–H and O–H groups in total. The summed E-state index contributed by atoms with van der Waals surface area (Å²) in [5, 5.41) is 23.2. The fourth-order valence-corrected chi connectivity index (χ4v) is 4.67. The van der Waals surface area contributed by atoms with Gasteiger partial charge in [0.25, 0.3) is 5.69 Å². The first kappa shape index (κ1) is 22.7. The SMILES string of the molecule is O=[N+]([O-])c1ccc2nc(C=Cc3ccc4c(c3)c3ccccc3n4CCCCCCO)ccc2c1. The number of nitro benzene ring substituents is 1. The maximum Gasteiger partial charge on any atom is 0.270 e. The van der Waals surface area contributed by atoms with Gasteiger partial charge < -0.3 is 9.67 Å². The maximum absolute atomic E-state index is 11.0. The maximum atomic E-state index is 11.0. The highest BCUT2D eigenvalue weighted by atomic mass is 16.6. The number of benzene rings is 3. The molecule has 3 aromatic carbocycles. The van der Waals surface area contributed by atoms with Gasteiger partial charge in [-0.3, -0.25) is 10.1 Å². The summed E-state index contributed by atoms with van der Waals surface area (Å²) in [6.45, 7) is 1.23. The predicted octanol–water partition coefficient (Wildman–Crippen LogP) is 6.97. The lowest BCUT2D eigenvalue weighted by Crippen LogP contribution is -1.98. The third-order valence-corrected chi connectivity index (χ3v) is 6.44. The van der Waals surface area contributed by atoms with Crippen molar-refractivity contribution >= 4 is 50.5 Å². The molecule has 2 aromatic heterocycles. The third-order valence-electron chi connectivity index (χ3n) is 6.44. The van der Waals surface area contributed by atoms with Gasteiger partial charge in [0.2, 0.25) is 0 Å². The average molecular weight is 466 g/mol. The number of aliphatic hydroxyl groups is 1. The van der Waals surface area contributed by atoms with E-state index >= 15 is 0 Å². The largest absolute Gasteiger partial charge is 0.396 e. The number of aliphatic hydroxyl groups excluding tert-OH is 1. The minimum atomic E-state index is -0.391. The van der Waals surface area contributed by atoms with E-state index in [9.17, 15) is 10.1 Å². The van der Waals surface area contributed by atoms with Crippen LogP contribution in [-0.2, 0) is 6.54 Å². The van der Waals surface area contributed by atoms with E-state index in [2.05, 4.69) is 58.1 Å². The first-order chi connectivity index (χ1) is 17.1. The molecular weight excluding hydrogens is 438 g/mol. The van der Waals surface area contributed by atoms with Crippen LogP contribution in [0.4, 0.5) is 5.69 Å². The van der Waals surface area contributed by atoms with E-state index in [0.717, 1.165) is 54.4 Å². The summed E-state index contributed by atoms with van der Waals surface area (Å²) < 4.78 is 2.40. The fraction of sp³-hybridized carbons (Fsp3) is 0.207. The molecule has 5 rings (SSSR count). The van der Waals surface area contributed by atoms with Gasteiger partial charge in [-0.15, -0.1) is 0 Å². The molecule has 6 heteroatoms. The minimum absolute atomic E-state index is 0.0696. The number of aryl methyl sites for hydroxylation is 1. The molecule has 0 unspecified atom stereocenters. The summed E-state index contributed by atoms with van der Waals surface area (Å²) in [5.74, 6) is 0. The van der Waals surface area contributed by atoms with Crippen LogP contribution in [0.25, 0.3) is 44.9 Å². The Kier molecular flexibility index (Phi) is 6.55. The number of nitro groups is 1. The summed E-state index contributed by atoms with van der Waals surface area (Å²) >= 11 is 0. The molecule has 0 atom stereocenters. The normalized spacial score (nSPS) is 11.8. The Hall–Kier alpha value is -4.03. The van der Waals surface area contributed by atoms with Crippen LogP contribution in [0.3, 0.4) is 0 Å². The molecule has 176 valence electrons. The van der Waals surface area contributed by atoms with Crippen molar-refractivity contribution in [3.8, 4) is 0 Å².